The zero-order valence-electron chi connectivity index (χ0n) is 18.8. The first-order valence-corrected chi connectivity index (χ1v) is 10.7. The number of amides is 4. The number of imide groups is 2. The van der Waals surface area contributed by atoms with Gasteiger partial charge in [-0.1, -0.05) is 56.2 Å². The lowest BCUT2D eigenvalue weighted by Crippen LogP contribution is -2.24. The van der Waals surface area contributed by atoms with Gasteiger partial charge in [0.15, 0.2) is 0 Å². The predicted octanol–water partition coefficient (Wildman–Crippen LogP) is 2.61. The van der Waals surface area contributed by atoms with Gasteiger partial charge < -0.3 is 4.74 Å². The van der Waals surface area contributed by atoms with Gasteiger partial charge in [-0.3, -0.25) is 29.8 Å². The van der Waals surface area contributed by atoms with Crippen molar-refractivity contribution in [2.45, 2.75) is 39.0 Å². The Hall–Kier alpha value is -3.81. The summed E-state index contributed by atoms with van der Waals surface area (Å²) in [6, 6.07) is 9.10. The zero-order valence-corrected chi connectivity index (χ0v) is 18.8. The summed E-state index contributed by atoms with van der Waals surface area (Å²) in [6.07, 6.45) is 8.54. The molecular formula is C25H28N2O6. The molecule has 0 aromatic heterocycles. The van der Waals surface area contributed by atoms with Crippen LogP contribution in [0, 0.1) is 5.92 Å². The van der Waals surface area contributed by atoms with E-state index in [0.29, 0.717) is 22.6 Å². The number of nitrogens with one attached hydrogen (secondary N) is 2. The van der Waals surface area contributed by atoms with Crippen LogP contribution >= 0.6 is 0 Å². The van der Waals surface area contributed by atoms with Gasteiger partial charge in [-0.15, -0.1) is 0 Å². The number of esters is 1. The van der Waals surface area contributed by atoms with Gasteiger partial charge >= 0.3 is 5.97 Å². The minimum atomic E-state index is -0.347. The Morgan fingerprint density at radius 2 is 1.48 bits per heavy atom. The molecule has 0 radical (unpaired) electrons. The maximum Gasteiger partial charge on any atom is 0.332 e. The van der Waals surface area contributed by atoms with Gasteiger partial charge in [-0.05, 0) is 31.2 Å². The maximum atomic E-state index is 11.3. The highest BCUT2D eigenvalue weighted by atomic mass is 16.5. The fraction of sp³-hybridized carbons (Fsp3) is 0.320. The van der Waals surface area contributed by atoms with Gasteiger partial charge in [0, 0.05) is 23.3 Å². The molecule has 3 aliphatic rings. The van der Waals surface area contributed by atoms with Crippen molar-refractivity contribution in [1.29, 1.82) is 0 Å². The zero-order chi connectivity index (χ0) is 24.4. The molecule has 0 saturated heterocycles. The summed E-state index contributed by atoms with van der Waals surface area (Å²) in [5.74, 6) is -1.09. The SMILES string of the molecule is C=C(C)C(=O)OC.O=C1C=C(C2CCCCC2)C(=O)N1.O=C1C=C(c2ccccc2)C(=O)N1. The van der Waals surface area contributed by atoms with Crippen molar-refractivity contribution in [2.75, 3.05) is 7.11 Å². The highest BCUT2D eigenvalue weighted by molar-refractivity contribution is 6.33. The van der Waals surface area contributed by atoms with E-state index in [1.54, 1.807) is 19.1 Å². The summed E-state index contributed by atoms with van der Waals surface area (Å²) in [5, 5.41) is 4.49. The Morgan fingerprint density at radius 1 is 0.909 bits per heavy atom. The molecule has 2 aliphatic heterocycles. The second kappa shape index (κ2) is 12.3. The van der Waals surface area contributed by atoms with Crippen LogP contribution in [0.4, 0.5) is 0 Å². The van der Waals surface area contributed by atoms with Crippen molar-refractivity contribution < 1.29 is 28.7 Å². The van der Waals surface area contributed by atoms with E-state index in [-0.39, 0.29) is 29.6 Å². The molecule has 1 saturated carbocycles. The lowest BCUT2D eigenvalue weighted by atomic mass is 9.84. The minimum Gasteiger partial charge on any atom is -0.466 e. The number of methoxy groups -OCH3 is 1. The average Bonchev–Trinajstić information content (AvgIpc) is 3.34. The quantitative estimate of drug-likeness (QED) is 0.413. The minimum absolute atomic E-state index is 0.170. The summed E-state index contributed by atoms with van der Waals surface area (Å²) in [6.45, 7) is 4.95. The predicted molar refractivity (Wildman–Crippen MR) is 122 cm³/mol. The molecule has 8 nitrogen and oxygen atoms in total. The van der Waals surface area contributed by atoms with Crippen LogP contribution in [0.5, 0.6) is 0 Å². The largest absolute Gasteiger partial charge is 0.466 e. The monoisotopic (exact) mass is 452 g/mol. The number of carbonyl (C=O) groups is 5. The van der Waals surface area contributed by atoms with Gasteiger partial charge in [0.05, 0.1) is 12.7 Å². The molecule has 1 aromatic rings. The van der Waals surface area contributed by atoms with E-state index in [4.69, 9.17) is 0 Å². The van der Waals surface area contributed by atoms with Crippen LogP contribution in [-0.2, 0) is 28.7 Å². The van der Waals surface area contributed by atoms with Gasteiger partial charge in [0.25, 0.3) is 23.6 Å². The molecule has 33 heavy (non-hydrogen) atoms. The molecule has 4 rings (SSSR count). The number of rotatable bonds is 3. The van der Waals surface area contributed by atoms with Crippen LogP contribution in [0.15, 0.2) is 60.2 Å². The molecule has 4 amide bonds. The van der Waals surface area contributed by atoms with Crippen LogP contribution in [0.1, 0.15) is 44.6 Å². The molecule has 1 fully saturated rings. The van der Waals surface area contributed by atoms with Crippen LogP contribution in [0.2, 0.25) is 0 Å². The summed E-state index contributed by atoms with van der Waals surface area (Å²) in [4.78, 5) is 54.4. The van der Waals surface area contributed by atoms with E-state index in [1.807, 2.05) is 18.2 Å². The number of hydrogen-bond acceptors (Lipinski definition) is 6. The van der Waals surface area contributed by atoms with Crippen molar-refractivity contribution in [3.05, 3.63) is 65.8 Å². The number of ether oxygens (including phenoxy) is 1. The van der Waals surface area contributed by atoms with Crippen LogP contribution in [0.3, 0.4) is 0 Å². The van der Waals surface area contributed by atoms with Crippen LogP contribution < -0.4 is 10.6 Å². The molecule has 8 heteroatoms. The maximum absolute atomic E-state index is 11.3. The third-order valence-electron chi connectivity index (χ3n) is 5.21. The van der Waals surface area contributed by atoms with Crippen LogP contribution in [0.25, 0.3) is 5.57 Å². The molecule has 2 heterocycles. The molecule has 0 spiro atoms. The second-order valence-corrected chi connectivity index (χ2v) is 7.77. The van der Waals surface area contributed by atoms with Crippen molar-refractivity contribution in [2.24, 2.45) is 5.92 Å². The molecule has 2 N–H and O–H groups in total. The van der Waals surface area contributed by atoms with E-state index in [0.717, 1.165) is 18.4 Å². The van der Waals surface area contributed by atoms with E-state index in [2.05, 4.69) is 21.9 Å². The lowest BCUT2D eigenvalue weighted by Gasteiger charge is -2.21. The first kappa shape index (κ1) is 25.5. The van der Waals surface area contributed by atoms with Gasteiger partial charge in [0.2, 0.25) is 0 Å². The standard InChI is InChI=1S/C10H13NO2.C10H7NO2.C5H8O2/c2*12-9-6-8(10(13)11-9)7-4-2-1-3-5-7;1-4(2)5(6)7-3/h6-7H,1-5H2,(H,11,12,13);1-6H,(H,11,12,13);1H2,2-3H3. The molecule has 0 unspecified atom stereocenters. The first-order chi connectivity index (χ1) is 15.7. The third kappa shape index (κ3) is 7.68. The highest BCUT2D eigenvalue weighted by Gasteiger charge is 2.28. The summed E-state index contributed by atoms with van der Waals surface area (Å²) >= 11 is 0. The highest BCUT2D eigenvalue weighted by Crippen LogP contribution is 2.30. The molecule has 0 bridgehead atoms. The van der Waals surface area contributed by atoms with Gasteiger partial charge in [-0.2, -0.15) is 0 Å². The van der Waals surface area contributed by atoms with E-state index in [9.17, 15) is 24.0 Å². The smallest absolute Gasteiger partial charge is 0.332 e. The summed E-state index contributed by atoms with van der Waals surface area (Å²) < 4.78 is 4.27. The Morgan fingerprint density at radius 3 is 1.91 bits per heavy atom. The van der Waals surface area contributed by atoms with Crippen molar-refractivity contribution >= 4 is 35.2 Å². The van der Waals surface area contributed by atoms with Crippen molar-refractivity contribution in [3.8, 4) is 0 Å². The Balaban J connectivity index is 0.000000185. The molecule has 1 aromatic carbocycles. The Bertz CT molecular complexity index is 1000. The van der Waals surface area contributed by atoms with E-state index < -0.39 is 0 Å². The summed E-state index contributed by atoms with van der Waals surface area (Å²) in [7, 11) is 1.33. The number of carbonyl (C=O) groups excluding carboxylic acids is 5. The van der Waals surface area contributed by atoms with Gasteiger partial charge in [0.1, 0.15) is 0 Å². The average molecular weight is 453 g/mol. The molecule has 174 valence electrons. The van der Waals surface area contributed by atoms with Gasteiger partial charge in [-0.25, -0.2) is 4.79 Å². The first-order valence-electron chi connectivity index (χ1n) is 10.7. The number of hydrogen-bond donors (Lipinski definition) is 2. The fourth-order valence-corrected chi connectivity index (χ4v) is 3.56. The normalized spacial score (nSPS) is 17.4. The van der Waals surface area contributed by atoms with E-state index in [1.165, 1.54) is 38.5 Å². The fourth-order valence-electron chi connectivity index (χ4n) is 3.56. The Kier molecular flexibility index (Phi) is 9.47. The molecule has 0 atom stereocenters. The van der Waals surface area contributed by atoms with E-state index >= 15 is 0 Å². The summed E-state index contributed by atoms with van der Waals surface area (Å²) in [5.41, 5.74) is 2.35. The molecule has 1 aliphatic carbocycles. The van der Waals surface area contributed by atoms with Crippen molar-refractivity contribution in [3.63, 3.8) is 0 Å². The Labute approximate surface area is 192 Å². The van der Waals surface area contributed by atoms with Crippen LogP contribution in [-0.4, -0.2) is 36.7 Å². The second-order valence-electron chi connectivity index (χ2n) is 7.77. The van der Waals surface area contributed by atoms with Crippen molar-refractivity contribution in [1.82, 2.24) is 10.6 Å². The number of benzene rings is 1. The third-order valence-corrected chi connectivity index (χ3v) is 5.21. The molecular weight excluding hydrogens is 424 g/mol. The lowest BCUT2D eigenvalue weighted by molar-refractivity contribution is -0.136. The topological polar surface area (TPSA) is 119 Å².